The van der Waals surface area contributed by atoms with Crippen LogP contribution >= 0.6 is 0 Å². The van der Waals surface area contributed by atoms with E-state index in [1.54, 1.807) is 25.5 Å². The molecule has 1 aromatic carbocycles. The number of fused-ring (bicyclic) bond motifs is 1. The van der Waals surface area contributed by atoms with Crippen LogP contribution in [-0.2, 0) is 6.54 Å². The number of pyridine rings is 1. The molecular formula is C28H29F3N8O. The number of ether oxygens (including phenoxy) is 1. The monoisotopic (exact) mass is 550 g/mol. The van der Waals surface area contributed by atoms with Gasteiger partial charge in [-0.25, -0.2) is 15.0 Å². The summed E-state index contributed by atoms with van der Waals surface area (Å²) in [6.45, 7) is 0.809. The summed E-state index contributed by atoms with van der Waals surface area (Å²) in [6, 6.07) is 13.4. The highest BCUT2D eigenvalue weighted by Gasteiger charge is 2.37. The van der Waals surface area contributed by atoms with Crippen molar-refractivity contribution >= 4 is 23.3 Å². The van der Waals surface area contributed by atoms with Gasteiger partial charge in [-0.3, -0.25) is 9.30 Å². The van der Waals surface area contributed by atoms with Crippen LogP contribution in [0.5, 0.6) is 5.75 Å². The molecule has 208 valence electrons. The number of alkyl halides is 3. The lowest BCUT2D eigenvalue weighted by molar-refractivity contribution is -0.159. The highest BCUT2D eigenvalue weighted by Crippen LogP contribution is 2.26. The first-order valence-corrected chi connectivity index (χ1v) is 12.7. The zero-order chi connectivity index (χ0) is 28.1. The fourth-order valence-corrected chi connectivity index (χ4v) is 4.59. The van der Waals surface area contributed by atoms with Gasteiger partial charge in [-0.1, -0.05) is 24.3 Å². The molecule has 1 fully saturated rings. The summed E-state index contributed by atoms with van der Waals surface area (Å²) in [7, 11) is 1.80. The quantitative estimate of drug-likeness (QED) is 0.237. The van der Waals surface area contributed by atoms with Crippen molar-refractivity contribution in [3.63, 3.8) is 0 Å². The normalized spacial score (nSPS) is 14.7. The summed E-state index contributed by atoms with van der Waals surface area (Å²) in [4.78, 5) is 14.6. The van der Waals surface area contributed by atoms with E-state index < -0.39 is 12.7 Å². The molecule has 0 spiro atoms. The Morgan fingerprint density at radius 2 is 1.93 bits per heavy atom. The Morgan fingerprint density at radius 1 is 1.12 bits per heavy atom. The third kappa shape index (κ3) is 6.57. The number of imidazole rings is 1. The number of likely N-dealkylation sites (tertiary alicyclic amines) is 1. The zero-order valence-electron chi connectivity index (χ0n) is 21.8. The van der Waals surface area contributed by atoms with Crippen LogP contribution in [0.2, 0.25) is 0 Å². The van der Waals surface area contributed by atoms with E-state index in [2.05, 4.69) is 25.6 Å². The highest BCUT2D eigenvalue weighted by atomic mass is 19.4. The third-order valence-electron chi connectivity index (χ3n) is 6.55. The molecule has 0 atom stereocenters. The number of aromatic nitrogens is 4. The van der Waals surface area contributed by atoms with Crippen molar-refractivity contribution in [2.24, 2.45) is 5.92 Å². The zero-order valence-corrected chi connectivity index (χ0v) is 21.8. The van der Waals surface area contributed by atoms with Crippen molar-refractivity contribution in [2.45, 2.75) is 12.7 Å². The smallest absolute Gasteiger partial charge is 0.401 e. The van der Waals surface area contributed by atoms with Crippen LogP contribution in [0.4, 0.5) is 19.0 Å². The summed E-state index contributed by atoms with van der Waals surface area (Å²) in [6.07, 6.45) is 3.99. The van der Waals surface area contributed by atoms with Gasteiger partial charge in [-0.05, 0) is 17.2 Å². The average molecular weight is 551 g/mol. The first kappa shape index (κ1) is 27.1. The van der Waals surface area contributed by atoms with Crippen LogP contribution in [0.3, 0.4) is 0 Å². The fourth-order valence-electron chi connectivity index (χ4n) is 4.59. The van der Waals surface area contributed by atoms with Crippen molar-refractivity contribution in [3.8, 4) is 17.1 Å². The molecule has 4 heterocycles. The topological polar surface area (TPSA) is 103 Å². The molecule has 0 bridgehead atoms. The van der Waals surface area contributed by atoms with E-state index in [0.717, 1.165) is 22.4 Å². The number of nitrogens with one attached hydrogen (secondary N) is 3. The molecule has 0 radical (unpaired) electrons. The molecule has 0 saturated carbocycles. The second kappa shape index (κ2) is 11.7. The van der Waals surface area contributed by atoms with Crippen LogP contribution in [0.15, 0.2) is 67.4 Å². The number of rotatable bonds is 11. The minimum Gasteiger partial charge on any atom is -0.493 e. The number of nitrogens with zero attached hydrogens (tertiary/aromatic N) is 5. The summed E-state index contributed by atoms with van der Waals surface area (Å²) >= 11 is 0. The van der Waals surface area contributed by atoms with Crippen LogP contribution in [0, 0.1) is 11.3 Å². The van der Waals surface area contributed by atoms with E-state index in [1.165, 1.54) is 17.4 Å². The molecular weight excluding hydrogens is 521 g/mol. The van der Waals surface area contributed by atoms with Gasteiger partial charge in [-0.2, -0.15) is 13.2 Å². The van der Waals surface area contributed by atoms with Gasteiger partial charge in [0.05, 0.1) is 30.7 Å². The molecule has 12 heteroatoms. The lowest BCUT2D eigenvalue weighted by Gasteiger charge is -2.39. The van der Waals surface area contributed by atoms with Gasteiger partial charge in [0.25, 0.3) is 0 Å². The number of anilines is 1. The molecule has 0 amide bonds. The summed E-state index contributed by atoms with van der Waals surface area (Å²) in [5, 5.41) is 13.8. The molecule has 1 saturated heterocycles. The largest absolute Gasteiger partial charge is 0.493 e. The number of hydrogen-bond donors (Lipinski definition) is 3. The number of hydrogen-bond acceptors (Lipinski definition) is 8. The molecule has 5 rings (SSSR count). The van der Waals surface area contributed by atoms with E-state index in [1.807, 2.05) is 47.0 Å². The summed E-state index contributed by atoms with van der Waals surface area (Å²) < 4.78 is 45.1. The lowest BCUT2D eigenvalue weighted by atomic mass is 10.0. The summed E-state index contributed by atoms with van der Waals surface area (Å²) in [5.41, 5.74) is 4.97. The van der Waals surface area contributed by atoms with Crippen molar-refractivity contribution in [3.05, 3.63) is 78.5 Å². The number of halogens is 3. The van der Waals surface area contributed by atoms with E-state index in [0.29, 0.717) is 49.1 Å². The molecule has 40 heavy (non-hydrogen) atoms. The SMILES string of the molecule is CN/C=C(\C=N)c1ccc(CNc2cc(-c3cnc4cc(OCC5CN(CC(F)(F)F)C5)ccn34)ncn2)cc1. The first-order valence-electron chi connectivity index (χ1n) is 12.7. The minimum atomic E-state index is -4.17. The van der Waals surface area contributed by atoms with Gasteiger partial charge in [0, 0.05) is 68.9 Å². The standard InChI is InChI=1S/C28H29F3N8O/c1-33-12-22(10-32)21-4-2-19(3-5-21)11-34-26-9-24(36-18-37-26)25-13-35-27-8-23(6-7-39(25)27)40-16-20-14-38(15-20)17-28(29,30)31/h2-10,12-13,18,20,32-33H,11,14-17H2,1H3,(H,34,36,37)/b22-12+,32-10?. The molecule has 4 aromatic rings. The molecule has 3 N–H and O–H groups in total. The van der Waals surface area contributed by atoms with Crippen molar-refractivity contribution in [2.75, 3.05) is 38.6 Å². The molecule has 3 aromatic heterocycles. The number of allylic oxidation sites excluding steroid dienone is 1. The maximum atomic E-state index is 12.5. The Hall–Kier alpha value is -4.45. The third-order valence-corrected chi connectivity index (χ3v) is 6.55. The van der Waals surface area contributed by atoms with Crippen LogP contribution in [-0.4, -0.2) is 69.9 Å². The molecule has 0 unspecified atom stereocenters. The lowest BCUT2D eigenvalue weighted by Crippen LogP contribution is -2.52. The Labute approximate surface area is 229 Å². The van der Waals surface area contributed by atoms with E-state index in [9.17, 15) is 13.2 Å². The second-order valence-electron chi connectivity index (χ2n) is 9.59. The maximum absolute atomic E-state index is 12.5. The molecule has 9 nitrogen and oxygen atoms in total. The average Bonchev–Trinajstić information content (AvgIpc) is 3.35. The van der Waals surface area contributed by atoms with Gasteiger partial charge in [0.1, 0.15) is 23.5 Å². The van der Waals surface area contributed by atoms with Gasteiger partial charge in [0.2, 0.25) is 0 Å². The predicted octanol–water partition coefficient (Wildman–Crippen LogP) is 4.49. The molecule has 0 aliphatic carbocycles. The van der Waals surface area contributed by atoms with Crippen LogP contribution in [0.1, 0.15) is 11.1 Å². The Morgan fingerprint density at radius 3 is 2.65 bits per heavy atom. The van der Waals surface area contributed by atoms with E-state index >= 15 is 0 Å². The van der Waals surface area contributed by atoms with E-state index in [4.69, 9.17) is 10.1 Å². The molecule has 1 aliphatic rings. The fraction of sp³-hybridized carbons (Fsp3) is 0.286. The predicted molar refractivity (Wildman–Crippen MR) is 147 cm³/mol. The first-order chi connectivity index (χ1) is 19.3. The van der Waals surface area contributed by atoms with Gasteiger partial charge >= 0.3 is 6.18 Å². The van der Waals surface area contributed by atoms with Crippen molar-refractivity contribution < 1.29 is 17.9 Å². The Balaban J connectivity index is 1.19. The van der Waals surface area contributed by atoms with Gasteiger partial charge in [-0.15, -0.1) is 0 Å². The van der Waals surface area contributed by atoms with Crippen LogP contribution < -0.4 is 15.4 Å². The second-order valence-corrected chi connectivity index (χ2v) is 9.59. The number of benzene rings is 1. The van der Waals surface area contributed by atoms with Gasteiger partial charge < -0.3 is 20.8 Å². The minimum absolute atomic E-state index is 0.0770. The van der Waals surface area contributed by atoms with Crippen molar-refractivity contribution in [1.29, 1.82) is 5.41 Å². The van der Waals surface area contributed by atoms with Gasteiger partial charge in [0.15, 0.2) is 0 Å². The van der Waals surface area contributed by atoms with Crippen LogP contribution in [0.25, 0.3) is 22.6 Å². The maximum Gasteiger partial charge on any atom is 0.401 e. The Kier molecular flexibility index (Phi) is 7.96. The highest BCUT2D eigenvalue weighted by molar-refractivity contribution is 6.08. The van der Waals surface area contributed by atoms with E-state index in [-0.39, 0.29) is 5.92 Å². The molecule has 1 aliphatic heterocycles. The Bertz CT molecular complexity index is 1490. The van der Waals surface area contributed by atoms with Crippen molar-refractivity contribution in [1.82, 2.24) is 29.6 Å². The summed E-state index contributed by atoms with van der Waals surface area (Å²) in [5.74, 6) is 1.36.